The Kier molecular flexibility index (Phi) is 3.95. The number of nitrogens with zero attached hydrogens (tertiary/aromatic N) is 3. The van der Waals surface area contributed by atoms with E-state index < -0.39 is 0 Å². The topological polar surface area (TPSA) is 58.0 Å². The number of hydrogen-bond acceptors (Lipinski definition) is 2. The molecule has 0 aromatic rings. The van der Waals surface area contributed by atoms with Crippen LogP contribution in [-0.2, 0) is 4.74 Å². The molecule has 0 aromatic carbocycles. The van der Waals surface area contributed by atoms with E-state index in [2.05, 4.69) is 23.9 Å². The molecule has 2 aliphatic rings. The zero-order chi connectivity index (χ0) is 12.3. The molecule has 1 saturated heterocycles. The van der Waals surface area contributed by atoms with E-state index in [9.17, 15) is 0 Å². The molecule has 96 valence electrons. The van der Waals surface area contributed by atoms with Crippen LogP contribution in [0, 0.1) is 17.3 Å². The molecule has 1 aliphatic heterocycles. The maximum atomic E-state index is 8.43. The smallest absolute Gasteiger partial charge is 0.0688 e. The van der Waals surface area contributed by atoms with Crippen LogP contribution < -0.4 is 0 Å². The van der Waals surface area contributed by atoms with Gasteiger partial charge in [-0.3, -0.25) is 0 Å². The van der Waals surface area contributed by atoms with Gasteiger partial charge in [-0.15, -0.1) is 0 Å². The van der Waals surface area contributed by atoms with Crippen LogP contribution in [0.5, 0.6) is 0 Å². The standard InChI is InChI=1S/C13H23N3O/c1-10(2)11-3-5-13(6-4-11)7-8-17-12(13)9-15-16-14/h10-12H,3-9H2,1-2H3. The lowest BCUT2D eigenvalue weighted by molar-refractivity contribution is 0.0203. The van der Waals surface area contributed by atoms with Crippen LogP contribution in [0.2, 0.25) is 0 Å². The highest BCUT2D eigenvalue weighted by Gasteiger charge is 2.45. The summed E-state index contributed by atoms with van der Waals surface area (Å²) in [7, 11) is 0. The summed E-state index contributed by atoms with van der Waals surface area (Å²) in [4.78, 5) is 2.87. The molecule has 1 saturated carbocycles. The Morgan fingerprint density at radius 3 is 2.65 bits per heavy atom. The van der Waals surface area contributed by atoms with Crippen LogP contribution in [-0.4, -0.2) is 19.3 Å². The molecule has 17 heavy (non-hydrogen) atoms. The Morgan fingerprint density at radius 1 is 1.35 bits per heavy atom. The summed E-state index contributed by atoms with van der Waals surface area (Å²) in [5.41, 5.74) is 8.75. The quantitative estimate of drug-likeness (QED) is 0.417. The van der Waals surface area contributed by atoms with Crippen molar-refractivity contribution >= 4 is 0 Å². The molecule has 1 spiro atoms. The first-order valence-electron chi connectivity index (χ1n) is 6.80. The van der Waals surface area contributed by atoms with E-state index in [0.717, 1.165) is 24.9 Å². The predicted octanol–water partition coefficient (Wildman–Crippen LogP) is 3.92. The third kappa shape index (κ3) is 2.58. The van der Waals surface area contributed by atoms with Crippen molar-refractivity contribution < 1.29 is 4.74 Å². The van der Waals surface area contributed by atoms with Crippen LogP contribution in [0.1, 0.15) is 46.0 Å². The van der Waals surface area contributed by atoms with E-state index in [-0.39, 0.29) is 6.10 Å². The lowest BCUT2D eigenvalue weighted by atomic mass is 9.65. The summed E-state index contributed by atoms with van der Waals surface area (Å²) in [5, 5.41) is 3.71. The molecular weight excluding hydrogens is 214 g/mol. The van der Waals surface area contributed by atoms with Gasteiger partial charge in [0.2, 0.25) is 0 Å². The maximum absolute atomic E-state index is 8.43. The van der Waals surface area contributed by atoms with Gasteiger partial charge < -0.3 is 4.74 Å². The highest BCUT2D eigenvalue weighted by molar-refractivity contribution is 4.96. The fourth-order valence-electron chi connectivity index (χ4n) is 3.55. The lowest BCUT2D eigenvalue weighted by Gasteiger charge is -2.41. The zero-order valence-corrected chi connectivity index (χ0v) is 10.9. The van der Waals surface area contributed by atoms with Crippen molar-refractivity contribution in [2.24, 2.45) is 22.4 Å². The van der Waals surface area contributed by atoms with Gasteiger partial charge in [-0.05, 0) is 54.9 Å². The Labute approximate surface area is 103 Å². The first-order chi connectivity index (χ1) is 8.18. The molecule has 0 radical (unpaired) electrons. The van der Waals surface area contributed by atoms with Crippen LogP contribution in [0.25, 0.3) is 10.4 Å². The van der Waals surface area contributed by atoms with Crippen molar-refractivity contribution in [3.05, 3.63) is 10.4 Å². The van der Waals surface area contributed by atoms with Crippen molar-refractivity contribution in [2.45, 2.75) is 52.1 Å². The fraction of sp³-hybridized carbons (Fsp3) is 1.00. The Bertz CT molecular complexity index is 302. The molecule has 0 N–H and O–H groups in total. The van der Waals surface area contributed by atoms with Gasteiger partial charge in [-0.25, -0.2) is 0 Å². The van der Waals surface area contributed by atoms with Gasteiger partial charge in [-0.1, -0.05) is 19.0 Å². The molecule has 0 bridgehead atoms. The number of hydrogen-bond donors (Lipinski definition) is 0. The second-order valence-electron chi connectivity index (χ2n) is 5.97. The highest BCUT2D eigenvalue weighted by atomic mass is 16.5. The van der Waals surface area contributed by atoms with Gasteiger partial charge in [-0.2, -0.15) is 0 Å². The van der Waals surface area contributed by atoms with Gasteiger partial charge in [0.1, 0.15) is 0 Å². The van der Waals surface area contributed by atoms with E-state index in [0.29, 0.717) is 12.0 Å². The Balaban J connectivity index is 1.97. The second-order valence-corrected chi connectivity index (χ2v) is 5.97. The minimum absolute atomic E-state index is 0.173. The molecular formula is C13H23N3O. The molecule has 1 heterocycles. The summed E-state index contributed by atoms with van der Waals surface area (Å²) in [5.74, 6) is 1.67. The Hall–Kier alpha value is -0.730. The SMILES string of the molecule is CC(C)C1CCC2(CCOC2CN=[N+]=[N-])CC1. The predicted molar refractivity (Wildman–Crippen MR) is 67.6 cm³/mol. The first kappa shape index (κ1) is 12.7. The van der Waals surface area contributed by atoms with E-state index >= 15 is 0 Å². The Morgan fingerprint density at radius 2 is 2.06 bits per heavy atom. The van der Waals surface area contributed by atoms with Gasteiger partial charge in [0.25, 0.3) is 0 Å². The van der Waals surface area contributed by atoms with Crippen LogP contribution >= 0.6 is 0 Å². The molecule has 2 rings (SSSR count). The van der Waals surface area contributed by atoms with E-state index in [4.69, 9.17) is 10.3 Å². The molecule has 1 atom stereocenters. The first-order valence-corrected chi connectivity index (χ1v) is 6.80. The average molecular weight is 237 g/mol. The lowest BCUT2D eigenvalue weighted by Crippen LogP contribution is -2.37. The van der Waals surface area contributed by atoms with E-state index in [1.807, 2.05) is 0 Å². The van der Waals surface area contributed by atoms with Gasteiger partial charge >= 0.3 is 0 Å². The second kappa shape index (κ2) is 5.28. The van der Waals surface area contributed by atoms with Gasteiger partial charge in [0.15, 0.2) is 0 Å². The fourth-order valence-corrected chi connectivity index (χ4v) is 3.55. The summed E-state index contributed by atoms with van der Waals surface area (Å²) in [6.07, 6.45) is 6.46. The highest BCUT2D eigenvalue weighted by Crippen LogP contribution is 2.49. The monoisotopic (exact) mass is 237 g/mol. The van der Waals surface area contributed by atoms with Gasteiger partial charge in [0, 0.05) is 11.5 Å². The van der Waals surface area contributed by atoms with E-state index in [1.54, 1.807) is 0 Å². The van der Waals surface area contributed by atoms with Crippen LogP contribution in [0.3, 0.4) is 0 Å². The van der Waals surface area contributed by atoms with E-state index in [1.165, 1.54) is 25.7 Å². The summed E-state index contributed by atoms with van der Waals surface area (Å²) in [6, 6.07) is 0. The van der Waals surface area contributed by atoms with Crippen molar-refractivity contribution in [1.82, 2.24) is 0 Å². The van der Waals surface area contributed by atoms with Crippen molar-refractivity contribution in [1.29, 1.82) is 0 Å². The third-order valence-electron chi connectivity index (χ3n) is 4.88. The molecule has 0 amide bonds. The maximum Gasteiger partial charge on any atom is 0.0688 e. The molecule has 0 aromatic heterocycles. The molecule has 2 fully saturated rings. The molecule has 1 aliphatic carbocycles. The van der Waals surface area contributed by atoms with Crippen molar-refractivity contribution in [3.8, 4) is 0 Å². The van der Waals surface area contributed by atoms with Crippen molar-refractivity contribution in [3.63, 3.8) is 0 Å². The normalized spacial score (nSPS) is 37.4. The van der Waals surface area contributed by atoms with Gasteiger partial charge in [0.05, 0.1) is 12.6 Å². The minimum Gasteiger partial charge on any atom is -0.377 e. The third-order valence-corrected chi connectivity index (χ3v) is 4.88. The largest absolute Gasteiger partial charge is 0.377 e. The van der Waals surface area contributed by atoms with Crippen LogP contribution in [0.4, 0.5) is 0 Å². The molecule has 4 heteroatoms. The van der Waals surface area contributed by atoms with Crippen molar-refractivity contribution in [2.75, 3.05) is 13.2 Å². The number of azide groups is 1. The van der Waals surface area contributed by atoms with Crippen LogP contribution in [0.15, 0.2) is 5.11 Å². The summed E-state index contributed by atoms with van der Waals surface area (Å²) >= 11 is 0. The number of ether oxygens (including phenoxy) is 1. The minimum atomic E-state index is 0.173. The number of rotatable bonds is 3. The summed E-state index contributed by atoms with van der Waals surface area (Å²) < 4.78 is 5.78. The molecule has 4 nitrogen and oxygen atoms in total. The zero-order valence-electron chi connectivity index (χ0n) is 10.9. The molecule has 1 unspecified atom stereocenters. The summed E-state index contributed by atoms with van der Waals surface area (Å²) in [6.45, 7) is 6.01. The average Bonchev–Trinajstić information content (AvgIpc) is 2.70.